The Bertz CT molecular complexity index is 488. The zero-order valence-electron chi connectivity index (χ0n) is 12.2. The average molecular weight is 294 g/mol. The molecular weight excluding hydrogens is 272 g/mol. The van der Waals surface area contributed by atoms with Crippen LogP contribution in [0.2, 0.25) is 0 Å². The first-order valence-electron chi connectivity index (χ1n) is 7.81. The highest BCUT2D eigenvalue weighted by Crippen LogP contribution is 2.27. The summed E-state index contributed by atoms with van der Waals surface area (Å²) in [5.74, 6) is -0.594. The summed E-state index contributed by atoms with van der Waals surface area (Å²) in [4.78, 5) is 11.5. The van der Waals surface area contributed by atoms with Gasteiger partial charge in [0.2, 0.25) is 0 Å². The van der Waals surface area contributed by atoms with Gasteiger partial charge in [-0.1, -0.05) is 6.42 Å². The summed E-state index contributed by atoms with van der Waals surface area (Å²) in [5, 5.41) is 13.7. The first kappa shape index (κ1) is 14.4. The zero-order valence-corrected chi connectivity index (χ0v) is 12.2. The number of hydrogen-bond acceptors (Lipinski definition) is 4. The minimum atomic E-state index is -0.990. The van der Waals surface area contributed by atoms with Crippen LogP contribution in [0.5, 0.6) is 5.75 Å². The number of ether oxygens (including phenoxy) is 2. The Morgan fingerprint density at radius 2 is 2.14 bits per heavy atom. The van der Waals surface area contributed by atoms with Crippen molar-refractivity contribution in [3.05, 3.63) is 11.9 Å². The Morgan fingerprint density at radius 3 is 2.81 bits per heavy atom. The van der Waals surface area contributed by atoms with Gasteiger partial charge < -0.3 is 14.6 Å². The van der Waals surface area contributed by atoms with Crippen LogP contribution < -0.4 is 4.74 Å². The number of nitrogens with zero attached hydrogens (tertiary/aromatic N) is 2. The third-order valence-electron chi connectivity index (χ3n) is 4.25. The van der Waals surface area contributed by atoms with E-state index in [4.69, 9.17) is 9.47 Å². The minimum absolute atomic E-state index is 0.0607. The van der Waals surface area contributed by atoms with Crippen molar-refractivity contribution < 1.29 is 19.4 Å². The smallest absolute Gasteiger partial charge is 0.358 e. The molecule has 1 saturated heterocycles. The van der Waals surface area contributed by atoms with Gasteiger partial charge in [0.25, 0.3) is 0 Å². The molecule has 1 atom stereocenters. The van der Waals surface area contributed by atoms with Crippen LogP contribution in [0.1, 0.15) is 55.4 Å². The lowest BCUT2D eigenvalue weighted by molar-refractivity contribution is 0.0652. The highest BCUT2D eigenvalue weighted by Gasteiger charge is 2.25. The molecule has 1 aliphatic heterocycles. The van der Waals surface area contributed by atoms with E-state index in [1.54, 1.807) is 0 Å². The SMILES string of the molecule is O=C(O)c1c(OC2CCCCC2)cnn1CC1CCCO1. The number of carbonyl (C=O) groups is 1. The Labute approximate surface area is 124 Å². The van der Waals surface area contributed by atoms with Gasteiger partial charge >= 0.3 is 5.97 Å². The van der Waals surface area contributed by atoms with E-state index in [0.717, 1.165) is 45.1 Å². The first-order chi connectivity index (χ1) is 10.2. The highest BCUT2D eigenvalue weighted by atomic mass is 16.5. The molecule has 1 saturated carbocycles. The summed E-state index contributed by atoms with van der Waals surface area (Å²) in [6.07, 6.45) is 9.23. The maximum atomic E-state index is 11.5. The molecule has 0 radical (unpaired) electrons. The van der Waals surface area contributed by atoms with Gasteiger partial charge in [-0.15, -0.1) is 0 Å². The van der Waals surface area contributed by atoms with E-state index >= 15 is 0 Å². The number of aromatic carboxylic acids is 1. The number of carboxylic acids is 1. The van der Waals surface area contributed by atoms with Crippen molar-refractivity contribution in [3.8, 4) is 5.75 Å². The fraction of sp³-hybridized carbons (Fsp3) is 0.733. The van der Waals surface area contributed by atoms with Gasteiger partial charge in [0.05, 0.1) is 24.9 Å². The Morgan fingerprint density at radius 1 is 1.33 bits per heavy atom. The van der Waals surface area contributed by atoms with Gasteiger partial charge in [-0.05, 0) is 38.5 Å². The van der Waals surface area contributed by atoms with Crippen LogP contribution in [0.4, 0.5) is 0 Å². The van der Waals surface area contributed by atoms with E-state index in [-0.39, 0.29) is 17.9 Å². The summed E-state index contributed by atoms with van der Waals surface area (Å²) < 4.78 is 13.0. The molecule has 2 fully saturated rings. The molecule has 3 rings (SSSR count). The zero-order chi connectivity index (χ0) is 14.7. The van der Waals surface area contributed by atoms with Crippen molar-refractivity contribution in [1.82, 2.24) is 9.78 Å². The molecule has 0 amide bonds. The molecule has 2 heterocycles. The molecule has 1 aliphatic carbocycles. The van der Waals surface area contributed by atoms with E-state index in [2.05, 4.69) is 5.10 Å². The molecular formula is C15H22N2O4. The van der Waals surface area contributed by atoms with E-state index in [1.165, 1.54) is 17.3 Å². The summed E-state index contributed by atoms with van der Waals surface area (Å²) in [7, 11) is 0. The molecule has 1 aromatic rings. The normalized spacial score (nSPS) is 23.3. The van der Waals surface area contributed by atoms with E-state index in [0.29, 0.717) is 12.3 Å². The molecule has 1 N–H and O–H groups in total. The second-order valence-electron chi connectivity index (χ2n) is 5.86. The van der Waals surface area contributed by atoms with Crippen molar-refractivity contribution >= 4 is 5.97 Å². The fourth-order valence-corrected chi connectivity index (χ4v) is 3.15. The van der Waals surface area contributed by atoms with E-state index < -0.39 is 5.97 Å². The quantitative estimate of drug-likeness (QED) is 0.903. The molecule has 0 bridgehead atoms. The van der Waals surface area contributed by atoms with Gasteiger partial charge in [-0.2, -0.15) is 5.10 Å². The summed E-state index contributed by atoms with van der Waals surface area (Å²) in [6.45, 7) is 1.23. The molecule has 1 aromatic heterocycles. The van der Waals surface area contributed by atoms with Crippen molar-refractivity contribution in [2.75, 3.05) is 6.61 Å². The molecule has 0 aromatic carbocycles. The van der Waals surface area contributed by atoms with Gasteiger partial charge in [0.1, 0.15) is 0 Å². The van der Waals surface area contributed by atoms with Crippen LogP contribution in [0.25, 0.3) is 0 Å². The van der Waals surface area contributed by atoms with Gasteiger partial charge in [-0.3, -0.25) is 4.68 Å². The maximum Gasteiger partial charge on any atom is 0.358 e. The maximum absolute atomic E-state index is 11.5. The average Bonchev–Trinajstić information content (AvgIpc) is 3.11. The van der Waals surface area contributed by atoms with Crippen molar-refractivity contribution in [2.45, 2.75) is 63.7 Å². The van der Waals surface area contributed by atoms with Gasteiger partial charge in [0, 0.05) is 6.61 Å². The molecule has 0 spiro atoms. The number of rotatable bonds is 5. The Kier molecular flexibility index (Phi) is 4.43. The second-order valence-corrected chi connectivity index (χ2v) is 5.86. The Balaban J connectivity index is 1.73. The predicted octanol–water partition coefficient (Wildman–Crippen LogP) is 2.47. The fourth-order valence-electron chi connectivity index (χ4n) is 3.15. The second kappa shape index (κ2) is 6.47. The summed E-state index contributed by atoms with van der Waals surface area (Å²) in [5.41, 5.74) is 0.149. The Hall–Kier alpha value is -1.56. The highest BCUT2D eigenvalue weighted by molar-refractivity contribution is 5.88. The van der Waals surface area contributed by atoms with Crippen LogP contribution in [0, 0.1) is 0 Å². The van der Waals surface area contributed by atoms with Crippen LogP contribution in [-0.4, -0.2) is 39.7 Å². The molecule has 116 valence electrons. The molecule has 6 heteroatoms. The molecule has 6 nitrogen and oxygen atoms in total. The van der Waals surface area contributed by atoms with Crippen LogP contribution >= 0.6 is 0 Å². The number of hydrogen-bond donors (Lipinski definition) is 1. The number of carboxylic acid groups (broad SMARTS) is 1. The first-order valence-corrected chi connectivity index (χ1v) is 7.81. The van der Waals surface area contributed by atoms with Gasteiger partial charge in [-0.25, -0.2) is 4.79 Å². The van der Waals surface area contributed by atoms with Crippen molar-refractivity contribution in [3.63, 3.8) is 0 Å². The topological polar surface area (TPSA) is 73.6 Å². The largest absolute Gasteiger partial charge is 0.486 e. The van der Waals surface area contributed by atoms with Crippen molar-refractivity contribution in [2.24, 2.45) is 0 Å². The van der Waals surface area contributed by atoms with E-state index in [9.17, 15) is 9.90 Å². The molecule has 21 heavy (non-hydrogen) atoms. The predicted molar refractivity (Wildman–Crippen MR) is 75.7 cm³/mol. The van der Waals surface area contributed by atoms with Crippen LogP contribution in [0.15, 0.2) is 6.20 Å². The third kappa shape index (κ3) is 3.37. The lowest BCUT2D eigenvalue weighted by Crippen LogP contribution is -2.22. The third-order valence-corrected chi connectivity index (χ3v) is 4.25. The number of aromatic nitrogens is 2. The van der Waals surface area contributed by atoms with Crippen LogP contribution in [0.3, 0.4) is 0 Å². The summed E-state index contributed by atoms with van der Waals surface area (Å²) in [6, 6.07) is 0. The lowest BCUT2D eigenvalue weighted by atomic mass is 9.98. The van der Waals surface area contributed by atoms with Crippen molar-refractivity contribution in [1.29, 1.82) is 0 Å². The van der Waals surface area contributed by atoms with Gasteiger partial charge in [0.15, 0.2) is 11.4 Å². The van der Waals surface area contributed by atoms with Crippen LogP contribution in [-0.2, 0) is 11.3 Å². The summed E-state index contributed by atoms with van der Waals surface area (Å²) >= 11 is 0. The monoisotopic (exact) mass is 294 g/mol. The standard InChI is InChI=1S/C15H22N2O4/c18-15(19)14-13(21-11-5-2-1-3-6-11)9-16-17(14)10-12-7-4-8-20-12/h9,11-12H,1-8,10H2,(H,18,19). The minimum Gasteiger partial charge on any atom is -0.486 e. The molecule has 2 aliphatic rings. The lowest BCUT2D eigenvalue weighted by Gasteiger charge is -2.22. The van der Waals surface area contributed by atoms with E-state index in [1.807, 2.05) is 0 Å². The molecule has 1 unspecified atom stereocenters.